The van der Waals surface area contributed by atoms with Crippen molar-refractivity contribution in [1.29, 1.82) is 0 Å². The molecule has 4 heterocycles. The Hall–Kier alpha value is -5.74. The second-order valence-electron chi connectivity index (χ2n) is 14.8. The number of carbonyl (C=O) groups is 4. The number of H-pyrrole nitrogens is 2. The molecule has 2 aromatic carbocycles. The number of rotatable bonds is 13. The summed E-state index contributed by atoms with van der Waals surface area (Å²) in [5.74, 6) is 0.899. The number of amides is 4. The van der Waals surface area contributed by atoms with E-state index >= 15 is 0 Å². The molecule has 0 spiro atoms. The van der Waals surface area contributed by atoms with E-state index in [1.807, 2.05) is 38.1 Å². The van der Waals surface area contributed by atoms with Gasteiger partial charge in [-0.05, 0) is 64.5 Å². The molecule has 4 N–H and O–H groups in total. The minimum atomic E-state index is -0.904. The Labute approximate surface area is 338 Å². The number of nitrogens with one attached hydrogen (secondary N) is 4. The number of methoxy groups -OCH3 is 4. The summed E-state index contributed by atoms with van der Waals surface area (Å²) in [6.07, 6.45) is 0.572. The third kappa shape index (κ3) is 8.72. The number of aromatic amines is 2. The van der Waals surface area contributed by atoms with E-state index in [-0.39, 0.29) is 23.9 Å². The van der Waals surface area contributed by atoms with Crippen molar-refractivity contribution in [3.8, 4) is 33.6 Å². The maximum atomic E-state index is 13.7. The highest BCUT2D eigenvalue weighted by atomic mass is 16.5. The molecule has 2 aliphatic heterocycles. The Bertz CT molecular complexity index is 1930. The first-order chi connectivity index (χ1) is 27.9. The number of ether oxygens (including phenoxy) is 4. The molecule has 0 unspecified atom stereocenters. The first-order valence-electron chi connectivity index (χ1n) is 19.6. The van der Waals surface area contributed by atoms with Gasteiger partial charge < -0.3 is 49.3 Å². The topological polar surface area (TPSA) is 193 Å². The molecule has 2 aliphatic rings. The zero-order valence-electron chi connectivity index (χ0n) is 34.4. The summed E-state index contributed by atoms with van der Waals surface area (Å²) in [7, 11) is 5.52. The number of hydrogen-bond acceptors (Lipinski definition) is 10. The van der Waals surface area contributed by atoms with Crippen LogP contribution >= 0.6 is 0 Å². The molecule has 0 bridgehead atoms. The van der Waals surface area contributed by atoms with Crippen LogP contribution in [-0.4, -0.2) is 120 Å². The van der Waals surface area contributed by atoms with Gasteiger partial charge in [-0.15, -0.1) is 0 Å². The van der Waals surface area contributed by atoms with Gasteiger partial charge in [-0.25, -0.2) is 19.6 Å². The number of nitrogens with zero attached hydrogens (tertiary/aromatic N) is 4. The first kappa shape index (κ1) is 41.9. The molecule has 4 amide bonds. The molecule has 16 nitrogen and oxygen atoms in total. The average molecular weight is 799 g/mol. The normalized spacial score (nSPS) is 18.7. The SMILES string of the molecule is COC(=O)N[C@H](C(=O)N1CCC[C@H]1c1nc(-c2ccc(-c3ccc(-c4nc([C@@H]5CCCN5C(=O)[C@@H](NC(=O)OC)[C@@H](C)OC)[nH]c4C)cc3)cc2)c(C)[nH]1)[C@@H](C)OC. The van der Waals surface area contributed by atoms with E-state index < -0.39 is 36.5 Å². The third-order valence-electron chi connectivity index (χ3n) is 11.3. The molecule has 0 saturated carbocycles. The van der Waals surface area contributed by atoms with Crippen molar-refractivity contribution in [2.24, 2.45) is 0 Å². The van der Waals surface area contributed by atoms with E-state index in [9.17, 15) is 19.2 Å². The van der Waals surface area contributed by atoms with E-state index in [1.165, 1.54) is 28.4 Å². The summed E-state index contributed by atoms with van der Waals surface area (Å²) in [4.78, 5) is 71.8. The Morgan fingerprint density at radius 3 is 1.29 bits per heavy atom. The van der Waals surface area contributed by atoms with Crippen LogP contribution in [0.25, 0.3) is 33.6 Å². The standard InChI is InChI=1S/C42H54N8O8/c1-23-33(45-37(43-23)31-11-9-21-49(31)39(51)35(25(3)55-5)47-41(53)57-7)29-17-13-27(14-18-29)28-15-19-30(20-16-28)34-24(2)44-38(46-34)32-12-10-22-50(32)40(52)36(26(4)56-6)48-42(54)58-8/h13-20,25-26,31-32,35-36H,9-12,21-22H2,1-8H3,(H,43,45)(H,44,46)(H,47,53)(H,48,54)/t25-,26-,31+,32+,35+,36+/m1/s1. The molecule has 0 aliphatic carbocycles. The number of hydrogen-bond donors (Lipinski definition) is 4. The van der Waals surface area contributed by atoms with Crippen LogP contribution in [0.2, 0.25) is 0 Å². The van der Waals surface area contributed by atoms with Gasteiger partial charge in [0.1, 0.15) is 23.7 Å². The summed E-state index contributed by atoms with van der Waals surface area (Å²) >= 11 is 0. The van der Waals surface area contributed by atoms with E-state index in [1.54, 1.807) is 23.6 Å². The van der Waals surface area contributed by atoms with Crippen molar-refractivity contribution in [2.75, 3.05) is 41.5 Å². The van der Waals surface area contributed by atoms with Gasteiger partial charge in [0.15, 0.2) is 0 Å². The van der Waals surface area contributed by atoms with E-state index in [0.29, 0.717) is 24.7 Å². The number of aryl methyl sites for hydroxylation is 2. The van der Waals surface area contributed by atoms with Gasteiger partial charge in [-0.2, -0.15) is 0 Å². The van der Waals surface area contributed by atoms with Crippen molar-refractivity contribution < 1.29 is 38.1 Å². The summed E-state index contributed by atoms with van der Waals surface area (Å²) < 4.78 is 20.3. The van der Waals surface area contributed by atoms with Crippen LogP contribution in [0, 0.1) is 13.8 Å². The molecular weight excluding hydrogens is 745 g/mol. The van der Waals surface area contributed by atoms with Crippen LogP contribution in [0.1, 0.15) is 74.7 Å². The molecule has 58 heavy (non-hydrogen) atoms. The largest absolute Gasteiger partial charge is 0.453 e. The van der Waals surface area contributed by atoms with Gasteiger partial charge >= 0.3 is 12.2 Å². The number of aromatic nitrogens is 4. The summed E-state index contributed by atoms with van der Waals surface area (Å²) in [6, 6.07) is 14.1. The maximum absolute atomic E-state index is 13.7. The minimum absolute atomic E-state index is 0.249. The highest BCUT2D eigenvalue weighted by Gasteiger charge is 2.40. The smallest absolute Gasteiger partial charge is 0.407 e. The molecule has 16 heteroatoms. The lowest BCUT2D eigenvalue weighted by atomic mass is 10.0. The Kier molecular flexibility index (Phi) is 13.2. The number of benzene rings is 2. The van der Waals surface area contributed by atoms with Crippen LogP contribution in [-0.2, 0) is 28.5 Å². The molecule has 2 fully saturated rings. The zero-order valence-corrected chi connectivity index (χ0v) is 34.4. The summed E-state index contributed by atoms with van der Waals surface area (Å²) in [6.45, 7) is 8.49. The number of carbonyl (C=O) groups excluding carboxylic acids is 4. The maximum Gasteiger partial charge on any atom is 0.407 e. The van der Waals surface area contributed by atoms with Gasteiger partial charge in [-0.1, -0.05) is 48.5 Å². The molecule has 310 valence electrons. The Morgan fingerprint density at radius 2 is 0.966 bits per heavy atom. The fraction of sp³-hybridized carbons (Fsp3) is 0.476. The van der Waals surface area contributed by atoms with Crippen molar-refractivity contribution >= 4 is 24.0 Å². The van der Waals surface area contributed by atoms with Crippen LogP contribution in [0.4, 0.5) is 9.59 Å². The number of imidazole rings is 2. The predicted octanol–water partition coefficient (Wildman–Crippen LogP) is 5.60. The highest BCUT2D eigenvalue weighted by Crippen LogP contribution is 2.36. The number of likely N-dealkylation sites (tertiary alicyclic amines) is 2. The first-order valence-corrected chi connectivity index (χ1v) is 19.6. The third-order valence-corrected chi connectivity index (χ3v) is 11.3. The summed E-state index contributed by atoms with van der Waals surface area (Å²) in [5.41, 5.74) is 7.35. The van der Waals surface area contributed by atoms with Crippen molar-refractivity contribution in [3.63, 3.8) is 0 Å². The lowest BCUT2D eigenvalue weighted by Gasteiger charge is -2.30. The van der Waals surface area contributed by atoms with Crippen LogP contribution < -0.4 is 10.6 Å². The van der Waals surface area contributed by atoms with Crippen LogP contribution in [0.15, 0.2) is 48.5 Å². The average Bonchev–Trinajstić information content (AvgIpc) is 4.07. The number of alkyl carbamates (subject to hydrolysis) is 2. The molecule has 0 radical (unpaired) electrons. The van der Waals surface area contributed by atoms with Crippen molar-refractivity contribution in [3.05, 3.63) is 71.6 Å². The van der Waals surface area contributed by atoms with Crippen LogP contribution in [0.5, 0.6) is 0 Å². The van der Waals surface area contributed by atoms with E-state index in [2.05, 4.69) is 44.9 Å². The van der Waals surface area contributed by atoms with Crippen molar-refractivity contribution in [1.82, 2.24) is 40.4 Å². The van der Waals surface area contributed by atoms with Gasteiger partial charge in [0, 0.05) is 49.8 Å². The lowest BCUT2D eigenvalue weighted by Crippen LogP contribution is -2.54. The van der Waals surface area contributed by atoms with Gasteiger partial charge in [0.25, 0.3) is 0 Å². The highest BCUT2D eigenvalue weighted by molar-refractivity contribution is 5.87. The van der Waals surface area contributed by atoms with Gasteiger partial charge in [0.2, 0.25) is 11.8 Å². The summed E-state index contributed by atoms with van der Waals surface area (Å²) in [5, 5.41) is 5.26. The molecular formula is C42H54N8O8. The Balaban J connectivity index is 1.15. The van der Waals surface area contributed by atoms with Crippen molar-refractivity contribution in [2.45, 2.75) is 89.8 Å². The van der Waals surface area contributed by atoms with Crippen LogP contribution in [0.3, 0.4) is 0 Å². The molecule has 4 aromatic rings. The van der Waals surface area contributed by atoms with E-state index in [0.717, 1.165) is 70.7 Å². The molecule has 2 aromatic heterocycles. The molecule has 6 rings (SSSR count). The fourth-order valence-electron chi connectivity index (χ4n) is 7.88. The van der Waals surface area contributed by atoms with E-state index in [4.69, 9.17) is 28.9 Å². The molecule has 6 atom stereocenters. The van der Waals surface area contributed by atoms with Gasteiger partial charge in [-0.3, -0.25) is 9.59 Å². The zero-order chi connectivity index (χ0) is 41.7. The lowest BCUT2D eigenvalue weighted by molar-refractivity contribution is -0.138. The second-order valence-corrected chi connectivity index (χ2v) is 14.8. The minimum Gasteiger partial charge on any atom is -0.453 e. The molecule has 2 saturated heterocycles. The Morgan fingerprint density at radius 1 is 0.621 bits per heavy atom. The fourth-order valence-corrected chi connectivity index (χ4v) is 7.88. The predicted molar refractivity (Wildman–Crippen MR) is 215 cm³/mol. The quantitative estimate of drug-likeness (QED) is 0.132. The van der Waals surface area contributed by atoms with Gasteiger partial charge in [0.05, 0.1) is 49.9 Å². The monoisotopic (exact) mass is 798 g/mol. The second kappa shape index (κ2) is 18.2.